The summed E-state index contributed by atoms with van der Waals surface area (Å²) in [5.74, 6) is -0.0149. The summed E-state index contributed by atoms with van der Waals surface area (Å²) in [5.41, 5.74) is 0.0698. The number of halogens is 3. The Kier molecular flexibility index (Phi) is 9.10. The third-order valence-electron chi connectivity index (χ3n) is 5.03. The number of hydrogen-bond donors (Lipinski definition) is 3. The number of carbonyl (C=O) groups excluding carboxylic acids is 2. The minimum atomic E-state index is -4.45. The highest BCUT2D eigenvalue weighted by molar-refractivity contribution is 6.01. The first-order valence-electron chi connectivity index (χ1n) is 10.4. The van der Waals surface area contributed by atoms with Crippen LogP contribution in [0.2, 0.25) is 0 Å². The zero-order valence-corrected chi connectivity index (χ0v) is 19.0. The minimum absolute atomic E-state index is 0.201. The summed E-state index contributed by atoms with van der Waals surface area (Å²) in [6.07, 6.45) is -3.65. The van der Waals surface area contributed by atoms with Gasteiger partial charge in [-0.3, -0.25) is 4.79 Å². The van der Waals surface area contributed by atoms with Crippen molar-refractivity contribution in [2.45, 2.75) is 32.5 Å². The molecule has 3 amide bonds. The first kappa shape index (κ1) is 26.0. The van der Waals surface area contributed by atoms with Crippen LogP contribution >= 0.6 is 0 Å². The zero-order valence-electron chi connectivity index (χ0n) is 19.0. The third kappa shape index (κ3) is 7.98. The van der Waals surface area contributed by atoms with Crippen LogP contribution in [0.5, 0.6) is 5.75 Å². The van der Waals surface area contributed by atoms with Crippen molar-refractivity contribution in [2.75, 3.05) is 37.9 Å². The molecule has 0 spiro atoms. The Balaban J connectivity index is 1.94. The van der Waals surface area contributed by atoms with Crippen LogP contribution in [0.3, 0.4) is 0 Å². The number of nitrogens with one attached hydrogen (secondary N) is 3. The van der Waals surface area contributed by atoms with Gasteiger partial charge in [0.05, 0.1) is 18.2 Å². The summed E-state index contributed by atoms with van der Waals surface area (Å²) in [6.45, 7) is 5.56. The van der Waals surface area contributed by atoms with Crippen molar-refractivity contribution < 1.29 is 27.5 Å². The summed E-state index contributed by atoms with van der Waals surface area (Å²) in [7, 11) is 3.44. The molecular weight excluding hydrogens is 437 g/mol. The molecule has 2 aromatic carbocycles. The van der Waals surface area contributed by atoms with E-state index in [1.54, 1.807) is 0 Å². The molecule has 0 heterocycles. The van der Waals surface area contributed by atoms with Gasteiger partial charge in [-0.25, -0.2) is 4.79 Å². The van der Waals surface area contributed by atoms with Crippen LogP contribution in [0.4, 0.5) is 29.3 Å². The Morgan fingerprint density at radius 1 is 1.03 bits per heavy atom. The van der Waals surface area contributed by atoms with Crippen LogP contribution in [0.1, 0.15) is 36.2 Å². The number of rotatable bonds is 9. The van der Waals surface area contributed by atoms with Gasteiger partial charge < -0.3 is 25.6 Å². The van der Waals surface area contributed by atoms with E-state index in [0.29, 0.717) is 23.8 Å². The fourth-order valence-electron chi connectivity index (χ4n) is 2.88. The number of alkyl halides is 3. The van der Waals surface area contributed by atoms with Gasteiger partial charge in [-0.2, -0.15) is 13.2 Å². The number of nitrogens with zero attached hydrogens (tertiary/aromatic N) is 1. The summed E-state index contributed by atoms with van der Waals surface area (Å²) >= 11 is 0. The number of ether oxygens (including phenoxy) is 1. The van der Waals surface area contributed by atoms with Crippen LogP contribution in [-0.2, 0) is 6.18 Å². The Labute approximate surface area is 191 Å². The SMILES string of the molecule is COc1cc(NC(=O)Nc2ccc(C(F)(F)F)cc2)ccc1C(=O)NCCCN(C)C(C)C. The summed E-state index contributed by atoms with van der Waals surface area (Å²) in [6, 6.07) is 8.43. The molecule has 7 nitrogen and oxygen atoms in total. The molecule has 180 valence electrons. The Hall–Kier alpha value is -3.27. The molecule has 0 saturated carbocycles. The van der Waals surface area contributed by atoms with E-state index in [1.807, 2.05) is 7.05 Å². The van der Waals surface area contributed by atoms with Gasteiger partial charge in [0.1, 0.15) is 5.75 Å². The molecule has 0 radical (unpaired) electrons. The number of urea groups is 1. The molecule has 0 aromatic heterocycles. The predicted molar refractivity (Wildman–Crippen MR) is 122 cm³/mol. The molecule has 0 aliphatic carbocycles. The van der Waals surface area contributed by atoms with Gasteiger partial charge in [-0.15, -0.1) is 0 Å². The van der Waals surface area contributed by atoms with Gasteiger partial charge in [-0.1, -0.05) is 0 Å². The highest BCUT2D eigenvalue weighted by atomic mass is 19.4. The fourth-order valence-corrected chi connectivity index (χ4v) is 2.88. The third-order valence-corrected chi connectivity index (χ3v) is 5.03. The highest BCUT2D eigenvalue weighted by Crippen LogP contribution is 2.30. The molecular formula is C23H29F3N4O3. The van der Waals surface area contributed by atoms with Crippen molar-refractivity contribution >= 4 is 23.3 Å². The maximum absolute atomic E-state index is 12.6. The van der Waals surface area contributed by atoms with Crippen molar-refractivity contribution in [3.05, 3.63) is 53.6 Å². The lowest BCUT2D eigenvalue weighted by molar-refractivity contribution is -0.137. The van der Waals surface area contributed by atoms with E-state index in [4.69, 9.17) is 4.74 Å². The van der Waals surface area contributed by atoms with Crippen molar-refractivity contribution in [3.63, 3.8) is 0 Å². The largest absolute Gasteiger partial charge is 0.496 e. The summed E-state index contributed by atoms with van der Waals surface area (Å²) in [4.78, 5) is 26.9. The number of amides is 3. The van der Waals surface area contributed by atoms with Crippen molar-refractivity contribution in [1.29, 1.82) is 0 Å². The molecule has 3 N–H and O–H groups in total. The second-order valence-corrected chi connectivity index (χ2v) is 7.75. The van der Waals surface area contributed by atoms with Gasteiger partial charge in [-0.05, 0) is 70.3 Å². The van der Waals surface area contributed by atoms with Gasteiger partial charge in [0.25, 0.3) is 5.91 Å². The standard InChI is InChI=1S/C23H29F3N4O3/c1-15(2)30(3)13-5-12-27-21(31)19-11-10-18(14-20(19)33-4)29-22(32)28-17-8-6-16(7-9-17)23(24,25)26/h6-11,14-15H,5,12-13H2,1-4H3,(H,27,31)(H2,28,29,32). The van der Waals surface area contributed by atoms with E-state index < -0.39 is 17.8 Å². The second kappa shape index (κ2) is 11.6. The van der Waals surface area contributed by atoms with Crippen molar-refractivity contribution in [2.24, 2.45) is 0 Å². The highest BCUT2D eigenvalue weighted by Gasteiger charge is 2.30. The Bertz CT molecular complexity index is 947. The van der Waals surface area contributed by atoms with Crippen molar-refractivity contribution in [1.82, 2.24) is 10.2 Å². The number of anilines is 2. The van der Waals surface area contributed by atoms with Gasteiger partial charge >= 0.3 is 12.2 Å². The minimum Gasteiger partial charge on any atom is -0.496 e. The molecule has 2 rings (SSSR count). The molecule has 0 aliphatic heterocycles. The molecule has 0 atom stereocenters. The van der Waals surface area contributed by atoms with E-state index in [-0.39, 0.29) is 17.3 Å². The molecule has 10 heteroatoms. The second-order valence-electron chi connectivity index (χ2n) is 7.75. The van der Waals surface area contributed by atoms with E-state index in [1.165, 1.54) is 25.3 Å². The van der Waals surface area contributed by atoms with Crippen molar-refractivity contribution in [3.8, 4) is 5.75 Å². The lowest BCUT2D eigenvalue weighted by atomic mass is 10.1. The average molecular weight is 467 g/mol. The van der Waals surface area contributed by atoms with E-state index >= 15 is 0 Å². The topological polar surface area (TPSA) is 82.7 Å². The Morgan fingerprint density at radius 2 is 1.64 bits per heavy atom. The molecule has 0 unspecified atom stereocenters. The molecule has 2 aromatic rings. The number of benzene rings is 2. The monoisotopic (exact) mass is 466 g/mol. The fraction of sp³-hybridized carbons (Fsp3) is 0.391. The van der Waals surface area contributed by atoms with Gasteiger partial charge in [0.15, 0.2) is 0 Å². The van der Waals surface area contributed by atoms with Gasteiger partial charge in [0, 0.05) is 30.0 Å². The quantitative estimate of drug-likeness (QED) is 0.463. The molecule has 33 heavy (non-hydrogen) atoms. The first-order chi connectivity index (χ1) is 15.5. The molecule has 0 fully saturated rings. The maximum Gasteiger partial charge on any atom is 0.416 e. The average Bonchev–Trinajstić information content (AvgIpc) is 2.75. The van der Waals surface area contributed by atoms with Crippen LogP contribution in [0, 0.1) is 0 Å². The number of hydrogen-bond acceptors (Lipinski definition) is 4. The van der Waals surface area contributed by atoms with Crippen LogP contribution in [0.15, 0.2) is 42.5 Å². The number of carbonyl (C=O) groups is 2. The maximum atomic E-state index is 12.6. The molecule has 0 bridgehead atoms. The lowest BCUT2D eigenvalue weighted by Gasteiger charge is -2.20. The normalized spacial score (nSPS) is 11.4. The van der Waals surface area contributed by atoms with E-state index in [2.05, 4.69) is 34.7 Å². The predicted octanol–water partition coefficient (Wildman–Crippen LogP) is 4.82. The number of methoxy groups -OCH3 is 1. The van der Waals surface area contributed by atoms with Crippen LogP contribution in [-0.4, -0.2) is 50.1 Å². The zero-order chi connectivity index (χ0) is 24.6. The van der Waals surface area contributed by atoms with E-state index in [0.717, 1.165) is 37.2 Å². The van der Waals surface area contributed by atoms with E-state index in [9.17, 15) is 22.8 Å². The summed E-state index contributed by atoms with van der Waals surface area (Å²) in [5, 5.41) is 7.87. The van der Waals surface area contributed by atoms with Gasteiger partial charge in [0.2, 0.25) is 0 Å². The van der Waals surface area contributed by atoms with Crippen LogP contribution in [0.25, 0.3) is 0 Å². The van der Waals surface area contributed by atoms with Crippen LogP contribution < -0.4 is 20.7 Å². The smallest absolute Gasteiger partial charge is 0.416 e. The Morgan fingerprint density at radius 3 is 2.21 bits per heavy atom. The molecule has 0 saturated heterocycles. The summed E-state index contributed by atoms with van der Waals surface area (Å²) < 4.78 is 43.2. The molecule has 0 aliphatic rings. The first-order valence-corrected chi connectivity index (χ1v) is 10.4. The lowest BCUT2D eigenvalue weighted by Crippen LogP contribution is -2.31.